The number of carbonyl (C=O) groups is 1. The van der Waals surface area contributed by atoms with Crippen LogP contribution < -0.4 is 0 Å². The molecule has 1 fully saturated rings. The van der Waals surface area contributed by atoms with Crippen LogP contribution in [0.3, 0.4) is 0 Å². The Balaban J connectivity index is 2.17. The Kier molecular flexibility index (Phi) is 5.75. The fourth-order valence-corrected chi connectivity index (χ4v) is 4.61. The fraction of sp³-hybridized carbons (Fsp3) is 0.533. The first-order valence-corrected chi connectivity index (χ1v) is 9.06. The molecule has 10 heteroatoms. The van der Waals surface area contributed by atoms with Gasteiger partial charge in [-0.3, -0.25) is 9.69 Å². The second-order valence-electron chi connectivity index (χ2n) is 5.94. The molecule has 0 spiro atoms. The Bertz CT molecular complexity index is 729. The van der Waals surface area contributed by atoms with Gasteiger partial charge in [0.2, 0.25) is 10.0 Å². The van der Waals surface area contributed by atoms with Crippen LogP contribution in [0.2, 0.25) is 0 Å². The summed E-state index contributed by atoms with van der Waals surface area (Å²) in [5.41, 5.74) is -1.18. The highest BCUT2D eigenvalue weighted by atomic mass is 32.2. The first-order valence-electron chi connectivity index (χ1n) is 7.62. The van der Waals surface area contributed by atoms with Gasteiger partial charge in [-0.1, -0.05) is 12.1 Å². The van der Waals surface area contributed by atoms with Gasteiger partial charge in [0.25, 0.3) is 0 Å². The molecule has 0 unspecified atom stereocenters. The maximum Gasteiger partial charge on any atom is 0.417 e. The van der Waals surface area contributed by atoms with Crippen LogP contribution in [0.15, 0.2) is 29.2 Å². The molecule has 1 aliphatic heterocycles. The minimum Gasteiger partial charge on any atom is -0.480 e. The third-order valence-corrected chi connectivity index (χ3v) is 6.20. The number of alkyl halides is 3. The Morgan fingerprint density at radius 3 is 2.36 bits per heavy atom. The molecule has 0 aromatic heterocycles. The zero-order chi connectivity index (χ0) is 18.8. The number of aliphatic carboxylic acids is 1. The van der Waals surface area contributed by atoms with E-state index in [0.717, 1.165) is 22.5 Å². The molecular weight excluding hydrogens is 361 g/mol. The van der Waals surface area contributed by atoms with Crippen LogP contribution in [0.5, 0.6) is 0 Å². The van der Waals surface area contributed by atoms with E-state index in [1.54, 1.807) is 11.9 Å². The van der Waals surface area contributed by atoms with Gasteiger partial charge in [-0.25, -0.2) is 8.42 Å². The Labute approximate surface area is 143 Å². The minimum absolute atomic E-state index is 0.0448. The van der Waals surface area contributed by atoms with Crippen LogP contribution in [0, 0.1) is 0 Å². The second kappa shape index (κ2) is 7.30. The minimum atomic E-state index is -4.76. The van der Waals surface area contributed by atoms with Gasteiger partial charge in [-0.15, -0.1) is 0 Å². The lowest BCUT2D eigenvalue weighted by molar-refractivity contribution is -0.140. The van der Waals surface area contributed by atoms with Crippen molar-refractivity contribution in [2.24, 2.45) is 0 Å². The van der Waals surface area contributed by atoms with E-state index in [-0.39, 0.29) is 25.7 Å². The first-order chi connectivity index (χ1) is 11.5. The number of hydrogen-bond acceptors (Lipinski definition) is 4. The lowest BCUT2D eigenvalue weighted by atomic mass is 10.1. The average Bonchev–Trinajstić information content (AvgIpc) is 2.53. The van der Waals surface area contributed by atoms with Gasteiger partial charge in [0.05, 0.1) is 17.0 Å². The molecule has 1 N–H and O–H groups in total. The molecule has 1 aliphatic rings. The summed E-state index contributed by atoms with van der Waals surface area (Å²) < 4.78 is 65.6. The molecule has 0 amide bonds. The predicted molar refractivity (Wildman–Crippen MR) is 83.5 cm³/mol. The number of benzene rings is 1. The third-order valence-electron chi connectivity index (χ3n) is 4.24. The number of likely N-dealkylation sites (N-methyl/N-ethyl adjacent to an activating group) is 1. The van der Waals surface area contributed by atoms with Crippen LogP contribution in [0.1, 0.15) is 18.4 Å². The van der Waals surface area contributed by atoms with Crippen molar-refractivity contribution in [1.82, 2.24) is 9.21 Å². The summed E-state index contributed by atoms with van der Waals surface area (Å²) in [5.74, 6) is -0.989. The van der Waals surface area contributed by atoms with E-state index in [2.05, 4.69) is 0 Å². The van der Waals surface area contributed by atoms with E-state index in [1.807, 2.05) is 0 Å². The van der Waals surface area contributed by atoms with Crippen LogP contribution in [-0.2, 0) is 21.0 Å². The largest absolute Gasteiger partial charge is 0.480 e. The van der Waals surface area contributed by atoms with Gasteiger partial charge >= 0.3 is 12.1 Å². The molecule has 2 rings (SSSR count). The molecule has 140 valence electrons. The fourth-order valence-electron chi connectivity index (χ4n) is 2.93. The molecular formula is C15H19F3N2O4S. The van der Waals surface area contributed by atoms with Gasteiger partial charge in [0.15, 0.2) is 0 Å². The summed E-state index contributed by atoms with van der Waals surface area (Å²) in [6.07, 6.45) is -4.04. The molecule has 0 saturated carbocycles. The SMILES string of the molecule is CN(CC(=O)O)C1CCN(S(=O)(=O)c2ccccc2C(F)(F)F)CC1. The molecule has 25 heavy (non-hydrogen) atoms. The Morgan fingerprint density at radius 2 is 1.84 bits per heavy atom. The number of piperidine rings is 1. The number of carboxylic acids is 1. The third kappa shape index (κ3) is 4.50. The highest BCUT2D eigenvalue weighted by Crippen LogP contribution is 2.35. The van der Waals surface area contributed by atoms with Crippen molar-refractivity contribution >= 4 is 16.0 Å². The standard InChI is InChI=1S/C15H19F3N2O4S/c1-19(10-14(21)22)11-6-8-20(9-7-11)25(23,24)13-5-3-2-4-12(13)15(16,17)18/h2-5,11H,6-10H2,1H3,(H,21,22). The van der Waals surface area contributed by atoms with E-state index in [4.69, 9.17) is 5.11 Å². The quantitative estimate of drug-likeness (QED) is 0.844. The number of hydrogen-bond donors (Lipinski definition) is 1. The smallest absolute Gasteiger partial charge is 0.417 e. The maximum absolute atomic E-state index is 13.1. The molecule has 0 aliphatic carbocycles. The van der Waals surface area contributed by atoms with Crippen LogP contribution in [0.4, 0.5) is 13.2 Å². The molecule has 1 saturated heterocycles. The van der Waals surface area contributed by atoms with Crippen molar-refractivity contribution in [3.05, 3.63) is 29.8 Å². The lowest BCUT2D eigenvalue weighted by Gasteiger charge is -2.35. The van der Waals surface area contributed by atoms with Gasteiger partial charge in [0.1, 0.15) is 0 Å². The molecule has 0 atom stereocenters. The van der Waals surface area contributed by atoms with Crippen molar-refractivity contribution in [2.75, 3.05) is 26.7 Å². The van der Waals surface area contributed by atoms with E-state index in [9.17, 15) is 26.4 Å². The topological polar surface area (TPSA) is 77.9 Å². The maximum atomic E-state index is 13.1. The van der Waals surface area contributed by atoms with E-state index >= 15 is 0 Å². The van der Waals surface area contributed by atoms with Crippen LogP contribution >= 0.6 is 0 Å². The number of carboxylic acid groups (broad SMARTS) is 1. The monoisotopic (exact) mass is 380 g/mol. The molecule has 1 heterocycles. The Hall–Kier alpha value is -1.65. The van der Waals surface area contributed by atoms with Gasteiger partial charge in [-0.2, -0.15) is 17.5 Å². The summed E-state index contributed by atoms with van der Waals surface area (Å²) in [6.45, 7) is -0.0827. The lowest BCUT2D eigenvalue weighted by Crippen LogP contribution is -2.46. The second-order valence-corrected chi connectivity index (χ2v) is 7.84. The highest BCUT2D eigenvalue weighted by molar-refractivity contribution is 7.89. The number of rotatable bonds is 5. The zero-order valence-electron chi connectivity index (χ0n) is 13.5. The van der Waals surface area contributed by atoms with Gasteiger partial charge < -0.3 is 5.11 Å². The molecule has 0 bridgehead atoms. The van der Waals surface area contributed by atoms with Crippen LogP contribution in [-0.4, -0.2) is 61.4 Å². The van der Waals surface area contributed by atoms with E-state index in [1.165, 1.54) is 6.07 Å². The average molecular weight is 380 g/mol. The van der Waals surface area contributed by atoms with Crippen molar-refractivity contribution in [1.29, 1.82) is 0 Å². The zero-order valence-corrected chi connectivity index (χ0v) is 14.3. The number of halogens is 3. The first kappa shape index (κ1) is 19.7. The molecule has 1 aromatic rings. The van der Waals surface area contributed by atoms with Gasteiger partial charge in [-0.05, 0) is 32.0 Å². The van der Waals surface area contributed by atoms with Gasteiger partial charge in [0, 0.05) is 19.1 Å². The summed E-state index contributed by atoms with van der Waals surface area (Å²) in [5, 5.41) is 8.80. The molecule has 0 radical (unpaired) electrons. The molecule has 6 nitrogen and oxygen atoms in total. The summed E-state index contributed by atoms with van der Waals surface area (Å²) in [4.78, 5) is 11.6. The van der Waals surface area contributed by atoms with Crippen molar-refractivity contribution < 1.29 is 31.5 Å². The summed E-state index contributed by atoms with van der Waals surface area (Å²) in [7, 11) is -2.64. The summed E-state index contributed by atoms with van der Waals surface area (Å²) >= 11 is 0. The predicted octanol–water partition coefficient (Wildman–Crippen LogP) is 1.87. The number of sulfonamides is 1. The Morgan fingerprint density at radius 1 is 1.28 bits per heavy atom. The van der Waals surface area contributed by atoms with Crippen molar-refractivity contribution in [3.8, 4) is 0 Å². The van der Waals surface area contributed by atoms with Crippen molar-refractivity contribution in [3.63, 3.8) is 0 Å². The highest BCUT2D eigenvalue weighted by Gasteiger charge is 2.39. The van der Waals surface area contributed by atoms with Crippen molar-refractivity contribution in [2.45, 2.75) is 30.0 Å². The summed E-state index contributed by atoms with van der Waals surface area (Å²) in [6, 6.07) is 3.99. The normalized spacial score (nSPS) is 17.8. The van der Waals surface area contributed by atoms with E-state index in [0.29, 0.717) is 12.8 Å². The number of nitrogens with zero attached hydrogens (tertiary/aromatic N) is 2. The van der Waals surface area contributed by atoms with Crippen LogP contribution in [0.25, 0.3) is 0 Å². The molecule has 1 aromatic carbocycles. The van der Waals surface area contributed by atoms with E-state index < -0.39 is 32.6 Å².